The Hall–Kier alpha value is -2.56. The van der Waals surface area contributed by atoms with E-state index < -0.39 is 5.97 Å². The second-order valence-electron chi connectivity index (χ2n) is 5.38. The normalized spacial score (nSPS) is 13.8. The second kappa shape index (κ2) is 5.67. The largest absolute Gasteiger partial charge is 0.478 e. The Bertz CT molecular complexity index is 732. The lowest BCUT2D eigenvalue weighted by molar-refractivity contribution is 0.0696. The summed E-state index contributed by atoms with van der Waals surface area (Å²) in [6.45, 7) is 3.01. The number of hydrogen-bond acceptors (Lipinski definition) is 3. The smallest absolute Gasteiger partial charge is 0.335 e. The summed E-state index contributed by atoms with van der Waals surface area (Å²) >= 11 is 0. The van der Waals surface area contributed by atoms with E-state index in [0.717, 1.165) is 17.5 Å². The Morgan fingerprint density at radius 1 is 1.27 bits per heavy atom. The van der Waals surface area contributed by atoms with E-state index in [0.29, 0.717) is 30.8 Å². The van der Waals surface area contributed by atoms with Crippen molar-refractivity contribution in [3.8, 4) is 0 Å². The van der Waals surface area contributed by atoms with Crippen molar-refractivity contribution in [3.05, 3.63) is 58.5 Å². The van der Waals surface area contributed by atoms with Gasteiger partial charge < -0.3 is 14.4 Å². The quantitative estimate of drug-likeness (QED) is 0.946. The van der Waals surface area contributed by atoms with Crippen molar-refractivity contribution >= 4 is 11.9 Å². The molecule has 1 aliphatic rings. The van der Waals surface area contributed by atoms with Crippen molar-refractivity contribution in [3.63, 3.8) is 0 Å². The number of carboxylic acids is 1. The van der Waals surface area contributed by atoms with Crippen LogP contribution in [0.25, 0.3) is 0 Å². The number of fused-ring (bicyclic) bond motifs is 1. The zero-order valence-corrected chi connectivity index (χ0v) is 12.3. The van der Waals surface area contributed by atoms with Crippen molar-refractivity contribution < 1.29 is 19.1 Å². The first-order chi connectivity index (χ1) is 10.6. The van der Waals surface area contributed by atoms with Gasteiger partial charge in [0, 0.05) is 19.5 Å². The van der Waals surface area contributed by atoms with Gasteiger partial charge in [-0.25, -0.2) is 4.79 Å². The highest BCUT2D eigenvalue weighted by Gasteiger charge is 2.25. The summed E-state index contributed by atoms with van der Waals surface area (Å²) in [5.41, 5.74) is 2.86. The number of nitrogens with zero attached hydrogens (tertiary/aromatic N) is 1. The first-order valence-electron chi connectivity index (χ1n) is 7.31. The minimum atomic E-state index is -0.950. The standard InChI is InChI=1S/C17H17NO4/c1-2-15-14(6-8-22-15)16(19)18-7-5-11-3-4-12(17(20)21)9-13(11)10-18/h3-4,6,8-9H,2,5,7,10H2,1H3,(H,20,21). The summed E-state index contributed by atoms with van der Waals surface area (Å²) in [6, 6.07) is 6.82. The molecule has 0 aliphatic carbocycles. The van der Waals surface area contributed by atoms with E-state index in [4.69, 9.17) is 9.52 Å². The van der Waals surface area contributed by atoms with Crippen LogP contribution in [0.2, 0.25) is 0 Å². The highest BCUT2D eigenvalue weighted by Crippen LogP contribution is 2.23. The molecule has 2 heterocycles. The number of carboxylic acid groups (broad SMARTS) is 1. The fraction of sp³-hybridized carbons (Fsp3) is 0.294. The van der Waals surface area contributed by atoms with Crippen LogP contribution in [0, 0.1) is 0 Å². The van der Waals surface area contributed by atoms with E-state index in [1.165, 1.54) is 6.26 Å². The van der Waals surface area contributed by atoms with Gasteiger partial charge in [0.05, 0.1) is 17.4 Å². The van der Waals surface area contributed by atoms with Crippen molar-refractivity contribution in [1.29, 1.82) is 0 Å². The van der Waals surface area contributed by atoms with Gasteiger partial charge in [-0.1, -0.05) is 13.0 Å². The number of aromatic carboxylic acids is 1. The number of benzene rings is 1. The molecule has 0 saturated heterocycles. The van der Waals surface area contributed by atoms with Crippen LogP contribution in [0.4, 0.5) is 0 Å². The molecule has 1 aromatic heterocycles. The minimum absolute atomic E-state index is 0.0584. The molecule has 3 rings (SSSR count). The van der Waals surface area contributed by atoms with Crippen LogP contribution >= 0.6 is 0 Å². The van der Waals surface area contributed by atoms with Crippen molar-refractivity contribution in [1.82, 2.24) is 4.90 Å². The topological polar surface area (TPSA) is 70.8 Å². The molecule has 5 nitrogen and oxygen atoms in total. The number of furan rings is 1. The van der Waals surface area contributed by atoms with Gasteiger partial charge >= 0.3 is 5.97 Å². The Morgan fingerprint density at radius 3 is 2.82 bits per heavy atom. The summed E-state index contributed by atoms with van der Waals surface area (Å²) in [6.07, 6.45) is 2.94. The van der Waals surface area contributed by atoms with Crippen LogP contribution in [0.1, 0.15) is 44.5 Å². The number of hydrogen-bond donors (Lipinski definition) is 1. The summed E-state index contributed by atoms with van der Waals surface area (Å²) in [7, 11) is 0. The monoisotopic (exact) mass is 299 g/mol. The molecule has 1 aromatic carbocycles. The maximum Gasteiger partial charge on any atom is 0.335 e. The molecule has 0 unspecified atom stereocenters. The molecule has 0 saturated carbocycles. The van der Waals surface area contributed by atoms with E-state index in [1.54, 1.807) is 23.1 Å². The van der Waals surface area contributed by atoms with Gasteiger partial charge in [0.25, 0.3) is 5.91 Å². The lowest BCUT2D eigenvalue weighted by Crippen LogP contribution is -2.36. The third-order valence-corrected chi connectivity index (χ3v) is 4.05. The molecule has 0 bridgehead atoms. The molecule has 0 fully saturated rings. The van der Waals surface area contributed by atoms with Crippen LogP contribution in [0.5, 0.6) is 0 Å². The Morgan fingerprint density at radius 2 is 2.09 bits per heavy atom. The predicted molar refractivity (Wildman–Crippen MR) is 79.9 cm³/mol. The number of aryl methyl sites for hydroxylation is 1. The average Bonchev–Trinajstić information content (AvgIpc) is 3.01. The highest BCUT2D eigenvalue weighted by molar-refractivity contribution is 5.95. The molecule has 0 atom stereocenters. The predicted octanol–water partition coefficient (Wildman–Crippen LogP) is 2.74. The molecular weight excluding hydrogens is 282 g/mol. The van der Waals surface area contributed by atoms with Crippen molar-refractivity contribution in [2.24, 2.45) is 0 Å². The van der Waals surface area contributed by atoms with Crippen LogP contribution in [0.3, 0.4) is 0 Å². The third kappa shape index (κ3) is 2.50. The van der Waals surface area contributed by atoms with E-state index in [9.17, 15) is 9.59 Å². The minimum Gasteiger partial charge on any atom is -0.478 e. The van der Waals surface area contributed by atoms with Gasteiger partial charge in [-0.15, -0.1) is 0 Å². The molecule has 5 heteroatoms. The lowest BCUT2D eigenvalue weighted by atomic mass is 9.97. The molecule has 114 valence electrons. The highest BCUT2D eigenvalue weighted by atomic mass is 16.4. The Balaban J connectivity index is 1.86. The average molecular weight is 299 g/mol. The number of carbonyl (C=O) groups excluding carboxylic acids is 1. The van der Waals surface area contributed by atoms with Gasteiger partial charge in [-0.3, -0.25) is 4.79 Å². The fourth-order valence-corrected chi connectivity index (χ4v) is 2.84. The lowest BCUT2D eigenvalue weighted by Gasteiger charge is -2.29. The number of amides is 1. The van der Waals surface area contributed by atoms with Gasteiger partial charge in [0.15, 0.2) is 0 Å². The molecule has 1 aliphatic heterocycles. The summed E-state index contributed by atoms with van der Waals surface area (Å²) in [5.74, 6) is -0.318. The van der Waals surface area contributed by atoms with Crippen LogP contribution in [-0.2, 0) is 19.4 Å². The van der Waals surface area contributed by atoms with Crippen LogP contribution < -0.4 is 0 Å². The van der Waals surface area contributed by atoms with Crippen molar-refractivity contribution in [2.45, 2.75) is 26.3 Å². The van der Waals surface area contributed by atoms with E-state index in [1.807, 2.05) is 13.0 Å². The van der Waals surface area contributed by atoms with Gasteiger partial charge in [-0.2, -0.15) is 0 Å². The van der Waals surface area contributed by atoms with Crippen LogP contribution in [-0.4, -0.2) is 28.4 Å². The van der Waals surface area contributed by atoms with Crippen molar-refractivity contribution in [2.75, 3.05) is 6.54 Å². The van der Waals surface area contributed by atoms with E-state index in [-0.39, 0.29) is 11.5 Å². The maximum absolute atomic E-state index is 12.6. The molecule has 0 radical (unpaired) electrons. The Kier molecular flexibility index (Phi) is 3.71. The number of rotatable bonds is 3. The molecule has 0 spiro atoms. The first-order valence-corrected chi connectivity index (χ1v) is 7.31. The summed E-state index contributed by atoms with van der Waals surface area (Å²) < 4.78 is 5.32. The van der Waals surface area contributed by atoms with E-state index >= 15 is 0 Å². The van der Waals surface area contributed by atoms with Gasteiger partial charge in [-0.05, 0) is 35.7 Å². The Labute approximate surface area is 128 Å². The zero-order valence-electron chi connectivity index (χ0n) is 12.3. The third-order valence-electron chi connectivity index (χ3n) is 4.05. The SMILES string of the molecule is CCc1occc1C(=O)N1CCc2ccc(C(=O)O)cc2C1. The van der Waals surface area contributed by atoms with Gasteiger partial charge in [0.1, 0.15) is 5.76 Å². The first kappa shape index (κ1) is 14.4. The molecule has 1 amide bonds. The summed E-state index contributed by atoms with van der Waals surface area (Å²) in [5, 5.41) is 9.09. The van der Waals surface area contributed by atoms with Crippen LogP contribution in [0.15, 0.2) is 34.9 Å². The van der Waals surface area contributed by atoms with Gasteiger partial charge in [0.2, 0.25) is 0 Å². The van der Waals surface area contributed by atoms with E-state index in [2.05, 4.69) is 0 Å². The molecule has 22 heavy (non-hydrogen) atoms. The second-order valence-corrected chi connectivity index (χ2v) is 5.38. The number of carbonyl (C=O) groups is 2. The zero-order chi connectivity index (χ0) is 15.7. The molecular formula is C17H17NO4. The summed E-state index contributed by atoms with van der Waals surface area (Å²) in [4.78, 5) is 25.4. The maximum atomic E-state index is 12.6. The molecule has 2 aromatic rings. The molecule has 1 N–H and O–H groups in total. The fourth-order valence-electron chi connectivity index (χ4n) is 2.84.